The molecule has 0 bridgehead atoms. The fraction of sp³-hybridized carbons (Fsp3) is 1.00. The third kappa shape index (κ3) is 2.98. The van der Waals surface area contributed by atoms with Crippen molar-refractivity contribution >= 4 is 0 Å². The van der Waals surface area contributed by atoms with E-state index < -0.39 is 0 Å². The highest BCUT2D eigenvalue weighted by molar-refractivity contribution is 4.69. The van der Waals surface area contributed by atoms with Gasteiger partial charge in [0.25, 0.3) is 0 Å². The van der Waals surface area contributed by atoms with Gasteiger partial charge in [-0.2, -0.15) is 0 Å². The van der Waals surface area contributed by atoms with Gasteiger partial charge in [-0.1, -0.05) is 32.1 Å². The summed E-state index contributed by atoms with van der Waals surface area (Å²) in [6.45, 7) is 1.06. The summed E-state index contributed by atoms with van der Waals surface area (Å²) >= 11 is 0. The van der Waals surface area contributed by atoms with Crippen molar-refractivity contribution in [1.82, 2.24) is 0 Å². The number of ether oxygens (including phenoxy) is 1. The number of hydrogen-bond donors (Lipinski definition) is 0. The van der Waals surface area contributed by atoms with Crippen LogP contribution in [0.25, 0.3) is 0 Å². The summed E-state index contributed by atoms with van der Waals surface area (Å²) in [6, 6.07) is 0. The minimum atomic E-state index is 0.627. The molecule has 2 aliphatic carbocycles. The van der Waals surface area contributed by atoms with Crippen LogP contribution in [0.4, 0.5) is 0 Å². The van der Waals surface area contributed by atoms with Crippen LogP contribution in [-0.4, -0.2) is 12.7 Å². The minimum Gasteiger partial charge on any atom is -0.378 e. The van der Waals surface area contributed by atoms with Crippen LogP contribution in [-0.2, 0) is 4.74 Å². The Bertz CT molecular complexity index is 132. The van der Waals surface area contributed by atoms with Crippen molar-refractivity contribution in [2.24, 2.45) is 5.92 Å². The summed E-state index contributed by atoms with van der Waals surface area (Å²) in [4.78, 5) is 0. The molecule has 2 rings (SSSR count). The molecular formula is C12H22O. The van der Waals surface area contributed by atoms with E-state index in [1.165, 1.54) is 57.8 Å². The maximum absolute atomic E-state index is 5.94. The average Bonchev–Trinajstić information content (AvgIpc) is 2.69. The van der Waals surface area contributed by atoms with Crippen LogP contribution in [0.15, 0.2) is 0 Å². The molecule has 0 radical (unpaired) electrons. The van der Waals surface area contributed by atoms with Gasteiger partial charge in [-0.15, -0.1) is 0 Å². The zero-order chi connectivity index (χ0) is 8.93. The lowest BCUT2D eigenvalue weighted by molar-refractivity contribution is 0.0250. The van der Waals surface area contributed by atoms with Gasteiger partial charge in [0.1, 0.15) is 0 Å². The van der Waals surface area contributed by atoms with Crippen molar-refractivity contribution < 1.29 is 4.74 Å². The van der Waals surface area contributed by atoms with Crippen molar-refractivity contribution in [3.8, 4) is 0 Å². The largest absolute Gasteiger partial charge is 0.378 e. The van der Waals surface area contributed by atoms with Gasteiger partial charge in [0.05, 0.1) is 6.10 Å². The molecule has 0 heterocycles. The molecule has 2 fully saturated rings. The van der Waals surface area contributed by atoms with Gasteiger partial charge in [0.15, 0.2) is 0 Å². The highest BCUT2D eigenvalue weighted by Gasteiger charge is 2.18. The van der Waals surface area contributed by atoms with E-state index in [4.69, 9.17) is 4.74 Å². The van der Waals surface area contributed by atoms with Crippen LogP contribution < -0.4 is 0 Å². The predicted molar refractivity (Wildman–Crippen MR) is 54.8 cm³/mol. The molecule has 0 N–H and O–H groups in total. The van der Waals surface area contributed by atoms with E-state index in [1.54, 1.807) is 0 Å². The van der Waals surface area contributed by atoms with E-state index in [-0.39, 0.29) is 0 Å². The lowest BCUT2D eigenvalue weighted by Gasteiger charge is -2.23. The molecule has 13 heavy (non-hydrogen) atoms. The first-order chi connectivity index (χ1) is 6.45. The second kappa shape index (κ2) is 4.99. The topological polar surface area (TPSA) is 9.23 Å². The van der Waals surface area contributed by atoms with Crippen molar-refractivity contribution in [2.75, 3.05) is 6.61 Å². The lowest BCUT2D eigenvalue weighted by atomic mass is 9.90. The van der Waals surface area contributed by atoms with Crippen molar-refractivity contribution in [1.29, 1.82) is 0 Å². The van der Waals surface area contributed by atoms with E-state index in [9.17, 15) is 0 Å². The molecule has 0 aromatic carbocycles. The zero-order valence-corrected chi connectivity index (χ0v) is 8.63. The monoisotopic (exact) mass is 182 g/mol. The van der Waals surface area contributed by atoms with Crippen LogP contribution in [0.3, 0.4) is 0 Å². The molecule has 0 atom stereocenters. The predicted octanol–water partition coefficient (Wildman–Crippen LogP) is 3.53. The molecule has 0 aromatic rings. The van der Waals surface area contributed by atoms with E-state index in [0.717, 1.165) is 12.5 Å². The molecule has 0 aromatic heterocycles. The van der Waals surface area contributed by atoms with Crippen LogP contribution in [0.2, 0.25) is 0 Å². The van der Waals surface area contributed by atoms with Gasteiger partial charge in [-0.3, -0.25) is 0 Å². The molecule has 0 saturated heterocycles. The summed E-state index contributed by atoms with van der Waals surface area (Å²) in [5.74, 6) is 0.898. The summed E-state index contributed by atoms with van der Waals surface area (Å²) in [5.41, 5.74) is 0. The minimum absolute atomic E-state index is 0.627. The Morgan fingerprint density at radius 3 is 2.08 bits per heavy atom. The van der Waals surface area contributed by atoms with E-state index in [1.807, 2.05) is 0 Å². The standard InChI is InChI=1S/C12H22O/c1-2-6-11(7-3-1)10-13-12-8-4-5-9-12/h11-12H,1-10H2. The van der Waals surface area contributed by atoms with Crippen LogP contribution in [0.5, 0.6) is 0 Å². The van der Waals surface area contributed by atoms with Crippen molar-refractivity contribution in [2.45, 2.75) is 63.9 Å². The fourth-order valence-electron chi connectivity index (χ4n) is 2.68. The van der Waals surface area contributed by atoms with Gasteiger partial charge in [-0.05, 0) is 31.6 Å². The highest BCUT2D eigenvalue weighted by Crippen LogP contribution is 2.26. The summed E-state index contributed by atoms with van der Waals surface area (Å²) in [7, 11) is 0. The average molecular weight is 182 g/mol. The molecule has 0 unspecified atom stereocenters. The van der Waals surface area contributed by atoms with Gasteiger partial charge >= 0.3 is 0 Å². The summed E-state index contributed by atoms with van der Waals surface area (Å²) in [6.07, 6.45) is 13.3. The summed E-state index contributed by atoms with van der Waals surface area (Å²) in [5, 5.41) is 0. The van der Waals surface area contributed by atoms with Crippen LogP contribution >= 0.6 is 0 Å². The van der Waals surface area contributed by atoms with Gasteiger partial charge in [-0.25, -0.2) is 0 Å². The Kier molecular flexibility index (Phi) is 3.65. The first kappa shape index (κ1) is 9.51. The van der Waals surface area contributed by atoms with Gasteiger partial charge < -0.3 is 4.74 Å². The van der Waals surface area contributed by atoms with Crippen molar-refractivity contribution in [3.05, 3.63) is 0 Å². The second-order valence-electron chi connectivity index (χ2n) is 4.74. The molecule has 1 nitrogen and oxygen atoms in total. The molecule has 76 valence electrons. The maximum atomic E-state index is 5.94. The zero-order valence-electron chi connectivity index (χ0n) is 8.63. The van der Waals surface area contributed by atoms with E-state index >= 15 is 0 Å². The second-order valence-corrected chi connectivity index (χ2v) is 4.74. The Morgan fingerprint density at radius 2 is 1.38 bits per heavy atom. The third-order valence-corrected chi connectivity index (χ3v) is 3.59. The number of rotatable bonds is 3. The van der Waals surface area contributed by atoms with Gasteiger partial charge in [0, 0.05) is 6.61 Å². The van der Waals surface area contributed by atoms with Crippen LogP contribution in [0.1, 0.15) is 57.8 Å². The third-order valence-electron chi connectivity index (χ3n) is 3.59. The molecule has 2 saturated carbocycles. The summed E-state index contributed by atoms with van der Waals surface area (Å²) < 4.78 is 5.94. The maximum Gasteiger partial charge on any atom is 0.0575 e. The first-order valence-electron chi connectivity index (χ1n) is 6.07. The Balaban J connectivity index is 1.60. The van der Waals surface area contributed by atoms with Crippen molar-refractivity contribution in [3.63, 3.8) is 0 Å². The Morgan fingerprint density at radius 1 is 0.769 bits per heavy atom. The van der Waals surface area contributed by atoms with Crippen LogP contribution in [0, 0.1) is 5.92 Å². The quantitative estimate of drug-likeness (QED) is 0.649. The van der Waals surface area contributed by atoms with E-state index in [0.29, 0.717) is 6.10 Å². The van der Waals surface area contributed by atoms with E-state index in [2.05, 4.69) is 0 Å². The Hall–Kier alpha value is -0.0400. The highest BCUT2D eigenvalue weighted by atomic mass is 16.5. The lowest BCUT2D eigenvalue weighted by Crippen LogP contribution is -2.17. The Labute approximate surface area is 81.9 Å². The molecular weight excluding hydrogens is 160 g/mol. The number of hydrogen-bond acceptors (Lipinski definition) is 1. The molecule has 0 spiro atoms. The normalized spacial score (nSPS) is 26.8. The smallest absolute Gasteiger partial charge is 0.0575 e. The molecule has 0 amide bonds. The molecule has 0 aliphatic heterocycles. The fourth-order valence-corrected chi connectivity index (χ4v) is 2.68. The molecule has 2 aliphatic rings. The van der Waals surface area contributed by atoms with Gasteiger partial charge in [0.2, 0.25) is 0 Å². The molecule has 1 heteroatoms. The SMILES string of the molecule is C1CCC(COC2CCCC2)CC1. The first-order valence-corrected chi connectivity index (χ1v) is 6.07.